The summed E-state index contributed by atoms with van der Waals surface area (Å²) >= 11 is 0. The second-order valence-corrected chi connectivity index (χ2v) is 5.24. The molecule has 0 aromatic carbocycles. The van der Waals surface area contributed by atoms with Gasteiger partial charge in [-0.1, -0.05) is 27.2 Å². The van der Waals surface area contributed by atoms with Gasteiger partial charge in [-0.05, 0) is 19.3 Å². The number of aryl methyl sites for hydroxylation is 1. The van der Waals surface area contributed by atoms with E-state index in [1.165, 1.54) is 0 Å². The summed E-state index contributed by atoms with van der Waals surface area (Å²) in [6, 6.07) is 0. The molecule has 1 atom stereocenters. The van der Waals surface area contributed by atoms with Crippen LogP contribution in [0.1, 0.15) is 49.7 Å². The molecule has 19 heavy (non-hydrogen) atoms. The van der Waals surface area contributed by atoms with Gasteiger partial charge in [0, 0.05) is 18.8 Å². The van der Waals surface area contributed by atoms with Crippen molar-refractivity contribution in [2.45, 2.75) is 53.2 Å². The molecule has 0 aliphatic rings. The lowest BCUT2D eigenvalue weighted by atomic mass is 10.1. The van der Waals surface area contributed by atoms with Crippen molar-refractivity contribution in [1.82, 2.24) is 15.1 Å². The number of aromatic nitrogens is 2. The average Bonchev–Trinajstić information content (AvgIpc) is 2.74. The summed E-state index contributed by atoms with van der Waals surface area (Å²) in [5, 5.41) is 16.7. The Hall–Kier alpha value is -1.36. The molecule has 1 aromatic heterocycles. The fourth-order valence-electron chi connectivity index (χ4n) is 1.73. The molecular formula is C14H25N3O2. The van der Waals surface area contributed by atoms with Crippen LogP contribution in [0.4, 0.5) is 0 Å². The zero-order chi connectivity index (χ0) is 14.4. The van der Waals surface area contributed by atoms with Crippen molar-refractivity contribution in [3.63, 3.8) is 0 Å². The van der Waals surface area contributed by atoms with Gasteiger partial charge in [-0.25, -0.2) is 0 Å². The highest BCUT2D eigenvalue weighted by Gasteiger charge is 2.16. The van der Waals surface area contributed by atoms with Crippen LogP contribution in [0.5, 0.6) is 0 Å². The smallest absolute Gasteiger partial charge is 0.254 e. The molecule has 0 saturated carbocycles. The van der Waals surface area contributed by atoms with E-state index < -0.39 is 6.10 Å². The monoisotopic (exact) mass is 267 g/mol. The lowest BCUT2D eigenvalue weighted by Crippen LogP contribution is -2.34. The summed E-state index contributed by atoms with van der Waals surface area (Å²) in [5.41, 5.74) is 1.47. The van der Waals surface area contributed by atoms with Crippen LogP contribution in [-0.4, -0.2) is 33.4 Å². The van der Waals surface area contributed by atoms with E-state index in [0.717, 1.165) is 25.1 Å². The Morgan fingerprint density at radius 1 is 1.53 bits per heavy atom. The minimum Gasteiger partial charge on any atom is -0.391 e. The van der Waals surface area contributed by atoms with Crippen molar-refractivity contribution in [3.8, 4) is 0 Å². The van der Waals surface area contributed by atoms with Crippen molar-refractivity contribution in [2.24, 2.45) is 5.92 Å². The van der Waals surface area contributed by atoms with Crippen molar-refractivity contribution in [1.29, 1.82) is 0 Å². The maximum Gasteiger partial charge on any atom is 0.254 e. The van der Waals surface area contributed by atoms with Gasteiger partial charge in [-0.15, -0.1) is 0 Å². The number of carbonyl (C=O) groups excluding carboxylic acids is 1. The van der Waals surface area contributed by atoms with Gasteiger partial charge in [0.25, 0.3) is 5.91 Å². The van der Waals surface area contributed by atoms with Crippen molar-refractivity contribution >= 4 is 5.91 Å². The first-order valence-electron chi connectivity index (χ1n) is 6.96. The highest BCUT2D eigenvalue weighted by atomic mass is 16.3. The maximum atomic E-state index is 12.0. The summed E-state index contributed by atoms with van der Waals surface area (Å²) in [6.45, 7) is 8.98. The zero-order valence-electron chi connectivity index (χ0n) is 12.3. The molecule has 0 fully saturated rings. The highest BCUT2D eigenvalue weighted by molar-refractivity contribution is 5.95. The van der Waals surface area contributed by atoms with Crippen molar-refractivity contribution < 1.29 is 9.90 Å². The molecule has 1 heterocycles. The number of amides is 1. The van der Waals surface area contributed by atoms with Gasteiger partial charge in [0.15, 0.2) is 0 Å². The minimum absolute atomic E-state index is 0.133. The van der Waals surface area contributed by atoms with E-state index in [-0.39, 0.29) is 18.4 Å². The van der Waals surface area contributed by atoms with E-state index >= 15 is 0 Å². The molecule has 0 aliphatic carbocycles. The van der Waals surface area contributed by atoms with E-state index in [9.17, 15) is 9.90 Å². The van der Waals surface area contributed by atoms with Crippen LogP contribution in [0.25, 0.3) is 0 Å². The molecule has 1 unspecified atom stereocenters. The molecule has 5 heteroatoms. The van der Waals surface area contributed by atoms with Crippen LogP contribution in [-0.2, 0) is 6.54 Å². The summed E-state index contributed by atoms with van der Waals surface area (Å²) in [4.78, 5) is 12.0. The number of nitrogens with one attached hydrogen (secondary N) is 1. The van der Waals surface area contributed by atoms with Crippen LogP contribution in [0, 0.1) is 12.8 Å². The van der Waals surface area contributed by atoms with E-state index in [1.807, 2.05) is 25.5 Å². The van der Waals surface area contributed by atoms with Crippen molar-refractivity contribution in [3.05, 3.63) is 17.5 Å². The Labute approximate surface area is 115 Å². The molecule has 1 aromatic rings. The molecule has 0 aliphatic heterocycles. The van der Waals surface area contributed by atoms with Crippen LogP contribution < -0.4 is 5.32 Å². The van der Waals surface area contributed by atoms with Crippen LogP contribution in [0.15, 0.2) is 6.20 Å². The van der Waals surface area contributed by atoms with Crippen LogP contribution in [0.2, 0.25) is 0 Å². The summed E-state index contributed by atoms with van der Waals surface area (Å²) in [6.07, 6.45) is 3.23. The molecule has 0 saturated heterocycles. The Bertz CT molecular complexity index is 413. The zero-order valence-corrected chi connectivity index (χ0v) is 12.3. The van der Waals surface area contributed by atoms with Gasteiger partial charge in [0.1, 0.15) is 0 Å². The number of hydrogen-bond donors (Lipinski definition) is 2. The van der Waals surface area contributed by atoms with E-state index in [2.05, 4.69) is 17.3 Å². The number of carbonyl (C=O) groups is 1. The second kappa shape index (κ2) is 7.28. The molecule has 0 bridgehead atoms. The third kappa shape index (κ3) is 4.35. The lowest BCUT2D eigenvalue weighted by Gasteiger charge is -2.14. The Kier molecular flexibility index (Phi) is 6.02. The summed E-state index contributed by atoms with van der Waals surface area (Å²) in [7, 11) is 0. The molecule has 1 amide bonds. The summed E-state index contributed by atoms with van der Waals surface area (Å²) in [5.74, 6) is -0.0337. The topological polar surface area (TPSA) is 67.2 Å². The third-order valence-corrected chi connectivity index (χ3v) is 3.31. The number of nitrogens with zero attached hydrogens (tertiary/aromatic N) is 2. The first-order chi connectivity index (χ1) is 8.97. The molecule has 0 radical (unpaired) electrons. The van der Waals surface area contributed by atoms with Gasteiger partial charge < -0.3 is 10.4 Å². The highest BCUT2D eigenvalue weighted by Crippen LogP contribution is 2.09. The predicted octanol–water partition coefficient (Wildman–Crippen LogP) is 1.74. The fourth-order valence-corrected chi connectivity index (χ4v) is 1.73. The van der Waals surface area contributed by atoms with Gasteiger partial charge >= 0.3 is 0 Å². The normalized spacial score (nSPS) is 12.7. The third-order valence-electron chi connectivity index (χ3n) is 3.31. The van der Waals surface area contributed by atoms with Gasteiger partial charge in [-0.2, -0.15) is 5.10 Å². The molecule has 108 valence electrons. The van der Waals surface area contributed by atoms with Gasteiger partial charge in [0.2, 0.25) is 0 Å². The van der Waals surface area contributed by atoms with Gasteiger partial charge in [-0.3, -0.25) is 9.48 Å². The SMILES string of the molecule is CCCCn1ncc(C(=O)NCC(O)C(C)C)c1C. The first kappa shape index (κ1) is 15.7. The molecule has 2 N–H and O–H groups in total. The van der Waals surface area contributed by atoms with E-state index in [1.54, 1.807) is 6.20 Å². The minimum atomic E-state index is -0.514. The summed E-state index contributed by atoms with van der Waals surface area (Å²) < 4.78 is 1.86. The number of rotatable bonds is 7. The van der Waals surface area contributed by atoms with Gasteiger partial charge in [0.05, 0.1) is 17.9 Å². The lowest BCUT2D eigenvalue weighted by molar-refractivity contribution is 0.0871. The molecule has 0 spiro atoms. The Morgan fingerprint density at radius 3 is 2.79 bits per heavy atom. The average molecular weight is 267 g/mol. The fraction of sp³-hybridized carbons (Fsp3) is 0.714. The van der Waals surface area contributed by atoms with E-state index in [4.69, 9.17) is 0 Å². The maximum absolute atomic E-state index is 12.0. The van der Waals surface area contributed by atoms with Crippen molar-refractivity contribution in [2.75, 3.05) is 6.54 Å². The largest absolute Gasteiger partial charge is 0.391 e. The molecule has 5 nitrogen and oxygen atoms in total. The number of hydrogen-bond acceptors (Lipinski definition) is 3. The standard InChI is InChI=1S/C14H25N3O2/c1-5-6-7-17-11(4)12(8-16-17)14(19)15-9-13(18)10(2)3/h8,10,13,18H,5-7,9H2,1-4H3,(H,15,19). The quantitative estimate of drug-likeness (QED) is 0.790. The Balaban J connectivity index is 2.60. The molecule has 1 rings (SSSR count). The number of aliphatic hydroxyl groups is 1. The van der Waals surface area contributed by atoms with Crippen LogP contribution in [0.3, 0.4) is 0 Å². The van der Waals surface area contributed by atoms with E-state index in [0.29, 0.717) is 5.56 Å². The van der Waals surface area contributed by atoms with Crippen LogP contribution >= 0.6 is 0 Å². The first-order valence-corrected chi connectivity index (χ1v) is 6.96. The number of unbranched alkanes of at least 4 members (excludes halogenated alkanes) is 1. The number of aliphatic hydroxyl groups excluding tert-OH is 1. The Morgan fingerprint density at radius 2 is 2.21 bits per heavy atom. The predicted molar refractivity (Wildman–Crippen MR) is 75.1 cm³/mol. The molecular weight excluding hydrogens is 242 g/mol. The second-order valence-electron chi connectivity index (χ2n) is 5.24.